The number of hydrogen-bond donors (Lipinski definition) is 1. The molecule has 16 heavy (non-hydrogen) atoms. The highest BCUT2D eigenvalue weighted by molar-refractivity contribution is 9.10. The SMILES string of the molecule is CC(Br)C(=O)NCCCOCC1CCCO1. The predicted molar refractivity (Wildman–Crippen MR) is 65.8 cm³/mol. The maximum Gasteiger partial charge on any atom is 0.233 e. The molecule has 1 fully saturated rings. The van der Waals surface area contributed by atoms with Crippen LogP contribution in [-0.2, 0) is 14.3 Å². The third-order valence-corrected chi connectivity index (χ3v) is 2.87. The van der Waals surface area contributed by atoms with Gasteiger partial charge in [0.1, 0.15) is 0 Å². The highest BCUT2D eigenvalue weighted by atomic mass is 79.9. The largest absolute Gasteiger partial charge is 0.379 e. The summed E-state index contributed by atoms with van der Waals surface area (Å²) < 4.78 is 10.9. The highest BCUT2D eigenvalue weighted by Gasteiger charge is 2.14. The van der Waals surface area contributed by atoms with E-state index < -0.39 is 0 Å². The van der Waals surface area contributed by atoms with Gasteiger partial charge in [0.15, 0.2) is 0 Å². The first kappa shape index (κ1) is 13.9. The van der Waals surface area contributed by atoms with Crippen LogP contribution in [0.3, 0.4) is 0 Å². The Morgan fingerprint density at radius 3 is 3.12 bits per heavy atom. The fraction of sp³-hybridized carbons (Fsp3) is 0.909. The lowest BCUT2D eigenvalue weighted by molar-refractivity contribution is -0.120. The molecular formula is C11H20BrNO3. The summed E-state index contributed by atoms with van der Waals surface area (Å²) in [7, 11) is 0. The summed E-state index contributed by atoms with van der Waals surface area (Å²) in [5.74, 6) is 0.0270. The van der Waals surface area contributed by atoms with Gasteiger partial charge in [-0.2, -0.15) is 0 Å². The Kier molecular flexibility index (Phi) is 7.00. The van der Waals surface area contributed by atoms with Gasteiger partial charge in [0.2, 0.25) is 5.91 Å². The molecule has 1 amide bonds. The lowest BCUT2D eigenvalue weighted by Crippen LogP contribution is -2.30. The third kappa shape index (κ3) is 5.82. The number of nitrogens with one attached hydrogen (secondary N) is 1. The molecule has 0 spiro atoms. The second-order valence-electron chi connectivity index (χ2n) is 3.97. The smallest absolute Gasteiger partial charge is 0.233 e. The van der Waals surface area contributed by atoms with E-state index in [0.29, 0.717) is 19.8 Å². The van der Waals surface area contributed by atoms with E-state index in [4.69, 9.17) is 9.47 Å². The molecule has 2 unspecified atom stereocenters. The van der Waals surface area contributed by atoms with E-state index in [1.165, 1.54) is 0 Å². The molecule has 0 aromatic heterocycles. The summed E-state index contributed by atoms with van der Waals surface area (Å²) in [5.41, 5.74) is 0. The molecule has 2 atom stereocenters. The number of ether oxygens (including phenoxy) is 2. The van der Waals surface area contributed by atoms with Crippen molar-refractivity contribution in [2.24, 2.45) is 0 Å². The van der Waals surface area contributed by atoms with Crippen molar-refractivity contribution >= 4 is 21.8 Å². The first-order valence-electron chi connectivity index (χ1n) is 5.81. The van der Waals surface area contributed by atoms with Gasteiger partial charge >= 0.3 is 0 Å². The molecule has 0 saturated carbocycles. The summed E-state index contributed by atoms with van der Waals surface area (Å²) in [6.45, 7) is 4.70. The number of rotatable bonds is 7. The highest BCUT2D eigenvalue weighted by Crippen LogP contribution is 2.11. The summed E-state index contributed by atoms with van der Waals surface area (Å²) in [6, 6.07) is 0. The van der Waals surface area contributed by atoms with Crippen LogP contribution in [0.25, 0.3) is 0 Å². The van der Waals surface area contributed by atoms with Gasteiger partial charge in [-0.3, -0.25) is 4.79 Å². The fourth-order valence-electron chi connectivity index (χ4n) is 1.52. The van der Waals surface area contributed by atoms with E-state index in [9.17, 15) is 4.79 Å². The standard InChI is InChI=1S/C11H20BrNO3/c1-9(12)11(14)13-5-3-6-15-8-10-4-2-7-16-10/h9-10H,2-8H2,1H3,(H,13,14). The van der Waals surface area contributed by atoms with Crippen LogP contribution in [0.1, 0.15) is 26.2 Å². The Labute approximate surface area is 105 Å². The summed E-state index contributed by atoms with van der Waals surface area (Å²) in [6.07, 6.45) is 3.39. The van der Waals surface area contributed by atoms with E-state index in [2.05, 4.69) is 21.2 Å². The molecule has 0 bridgehead atoms. The molecular weight excluding hydrogens is 274 g/mol. The average molecular weight is 294 g/mol. The fourth-order valence-corrected chi connectivity index (χ4v) is 1.68. The topological polar surface area (TPSA) is 47.6 Å². The van der Waals surface area contributed by atoms with Crippen LogP contribution >= 0.6 is 15.9 Å². The second-order valence-corrected chi connectivity index (χ2v) is 5.34. The van der Waals surface area contributed by atoms with Crippen molar-refractivity contribution in [1.29, 1.82) is 0 Å². The molecule has 0 aromatic rings. The maximum absolute atomic E-state index is 11.2. The van der Waals surface area contributed by atoms with Crippen molar-refractivity contribution in [2.75, 3.05) is 26.4 Å². The van der Waals surface area contributed by atoms with Gasteiger partial charge in [0, 0.05) is 19.8 Å². The Hall–Kier alpha value is -0.130. The number of carbonyl (C=O) groups is 1. The number of amides is 1. The van der Waals surface area contributed by atoms with E-state index in [0.717, 1.165) is 25.9 Å². The molecule has 0 aliphatic carbocycles. The lowest BCUT2D eigenvalue weighted by atomic mass is 10.2. The van der Waals surface area contributed by atoms with Crippen molar-refractivity contribution in [3.8, 4) is 0 Å². The molecule has 0 aromatic carbocycles. The van der Waals surface area contributed by atoms with Gasteiger partial charge < -0.3 is 14.8 Å². The molecule has 5 heteroatoms. The third-order valence-electron chi connectivity index (χ3n) is 2.45. The zero-order valence-corrected chi connectivity index (χ0v) is 11.3. The summed E-state index contributed by atoms with van der Waals surface area (Å²) in [4.78, 5) is 11.0. The molecule has 1 aliphatic heterocycles. The number of hydrogen-bond acceptors (Lipinski definition) is 3. The molecule has 1 rings (SSSR count). The van der Waals surface area contributed by atoms with Crippen molar-refractivity contribution < 1.29 is 14.3 Å². The Morgan fingerprint density at radius 1 is 1.69 bits per heavy atom. The zero-order valence-electron chi connectivity index (χ0n) is 9.71. The van der Waals surface area contributed by atoms with Crippen molar-refractivity contribution in [2.45, 2.75) is 37.1 Å². The average Bonchev–Trinajstić information content (AvgIpc) is 2.75. The molecule has 1 saturated heterocycles. The minimum atomic E-state index is -0.125. The van der Waals surface area contributed by atoms with Crippen LogP contribution in [0.15, 0.2) is 0 Å². The number of halogens is 1. The van der Waals surface area contributed by atoms with Crippen LogP contribution < -0.4 is 5.32 Å². The Morgan fingerprint density at radius 2 is 2.50 bits per heavy atom. The maximum atomic E-state index is 11.2. The van der Waals surface area contributed by atoms with E-state index >= 15 is 0 Å². The van der Waals surface area contributed by atoms with Crippen molar-refractivity contribution in [3.63, 3.8) is 0 Å². The monoisotopic (exact) mass is 293 g/mol. The molecule has 1 heterocycles. The minimum absolute atomic E-state index is 0.0270. The van der Waals surface area contributed by atoms with Crippen molar-refractivity contribution in [3.05, 3.63) is 0 Å². The second kappa shape index (κ2) is 8.03. The molecule has 94 valence electrons. The van der Waals surface area contributed by atoms with Crippen molar-refractivity contribution in [1.82, 2.24) is 5.32 Å². The van der Waals surface area contributed by atoms with Gasteiger partial charge in [-0.1, -0.05) is 15.9 Å². The van der Waals surface area contributed by atoms with E-state index in [1.54, 1.807) is 0 Å². The lowest BCUT2D eigenvalue weighted by Gasteiger charge is -2.10. The zero-order chi connectivity index (χ0) is 11.8. The van der Waals surface area contributed by atoms with Gasteiger partial charge in [-0.15, -0.1) is 0 Å². The van der Waals surface area contributed by atoms with Gasteiger partial charge in [-0.05, 0) is 26.2 Å². The van der Waals surface area contributed by atoms with Crippen LogP contribution in [0.5, 0.6) is 0 Å². The van der Waals surface area contributed by atoms with Gasteiger partial charge in [0.05, 0.1) is 17.5 Å². The quantitative estimate of drug-likeness (QED) is 0.571. The normalized spacial score (nSPS) is 22.0. The molecule has 0 radical (unpaired) electrons. The first-order valence-corrected chi connectivity index (χ1v) is 6.73. The van der Waals surface area contributed by atoms with E-state index in [-0.39, 0.29) is 16.8 Å². The predicted octanol–water partition coefficient (Wildman–Crippen LogP) is 1.47. The van der Waals surface area contributed by atoms with Gasteiger partial charge in [0.25, 0.3) is 0 Å². The summed E-state index contributed by atoms with van der Waals surface area (Å²) >= 11 is 3.21. The van der Waals surface area contributed by atoms with Crippen LogP contribution in [-0.4, -0.2) is 43.2 Å². The van der Waals surface area contributed by atoms with Gasteiger partial charge in [-0.25, -0.2) is 0 Å². The molecule has 1 N–H and O–H groups in total. The van der Waals surface area contributed by atoms with Crippen LogP contribution in [0, 0.1) is 0 Å². The number of alkyl halides is 1. The van der Waals surface area contributed by atoms with E-state index in [1.807, 2.05) is 6.92 Å². The molecule has 1 aliphatic rings. The Bertz CT molecular complexity index is 205. The van der Waals surface area contributed by atoms with Crippen LogP contribution in [0.4, 0.5) is 0 Å². The number of carbonyl (C=O) groups excluding carboxylic acids is 1. The van der Waals surface area contributed by atoms with Crippen LogP contribution in [0.2, 0.25) is 0 Å². The minimum Gasteiger partial charge on any atom is -0.379 e. The summed E-state index contributed by atoms with van der Waals surface area (Å²) in [5, 5.41) is 2.81. The Balaban J connectivity index is 1.86. The molecule has 4 nitrogen and oxygen atoms in total. The first-order chi connectivity index (χ1) is 7.70.